The van der Waals surface area contributed by atoms with E-state index in [0.29, 0.717) is 9.21 Å². The second-order valence-corrected chi connectivity index (χ2v) is 5.15. The van der Waals surface area contributed by atoms with E-state index in [1.807, 2.05) is 0 Å². The summed E-state index contributed by atoms with van der Waals surface area (Å²) >= 11 is 6.97. The second-order valence-electron chi connectivity index (χ2n) is 3.43. The molecular formula is C10H7ClO5S. The van der Waals surface area contributed by atoms with Crippen LogP contribution in [0.4, 0.5) is 4.79 Å². The van der Waals surface area contributed by atoms with E-state index in [4.69, 9.17) is 21.4 Å². The minimum atomic E-state index is -1.53. The maximum absolute atomic E-state index is 11.8. The topological polar surface area (TPSA) is 72.8 Å². The Morgan fingerprint density at radius 3 is 2.82 bits per heavy atom. The van der Waals surface area contributed by atoms with E-state index < -0.39 is 11.8 Å². The van der Waals surface area contributed by atoms with E-state index in [1.54, 1.807) is 12.1 Å². The van der Waals surface area contributed by atoms with Crippen LogP contribution < -0.4 is 0 Å². The summed E-state index contributed by atoms with van der Waals surface area (Å²) in [5.41, 5.74) is -1.26. The maximum Gasteiger partial charge on any atom is 0.513 e. The Bertz CT molecular complexity index is 521. The first-order valence-electron chi connectivity index (χ1n) is 4.53. The summed E-state index contributed by atoms with van der Waals surface area (Å²) in [4.78, 5) is 22.7. The van der Waals surface area contributed by atoms with Crippen LogP contribution in [0.1, 0.15) is 11.8 Å². The highest BCUT2D eigenvalue weighted by Gasteiger charge is 2.44. The van der Waals surface area contributed by atoms with Gasteiger partial charge in [-0.2, -0.15) is 0 Å². The molecule has 1 atom stereocenters. The fourth-order valence-electron chi connectivity index (χ4n) is 1.40. The van der Waals surface area contributed by atoms with Crippen LogP contribution in [-0.2, 0) is 19.9 Å². The zero-order valence-corrected chi connectivity index (χ0v) is 10.2. The molecule has 0 fully saturated rings. The molecule has 0 radical (unpaired) electrons. The quantitative estimate of drug-likeness (QED) is 0.840. The van der Waals surface area contributed by atoms with Crippen molar-refractivity contribution in [2.24, 2.45) is 0 Å². The first kappa shape index (κ1) is 11.9. The van der Waals surface area contributed by atoms with Gasteiger partial charge in [-0.1, -0.05) is 11.6 Å². The fourth-order valence-corrected chi connectivity index (χ4v) is 2.54. The van der Waals surface area contributed by atoms with Gasteiger partial charge in [0.1, 0.15) is 0 Å². The average molecular weight is 275 g/mol. The van der Waals surface area contributed by atoms with Crippen molar-refractivity contribution in [1.29, 1.82) is 0 Å². The zero-order valence-electron chi connectivity index (χ0n) is 8.60. The number of carbonyl (C=O) groups is 2. The van der Waals surface area contributed by atoms with Gasteiger partial charge in [0.25, 0.3) is 5.95 Å². The summed E-state index contributed by atoms with van der Waals surface area (Å²) in [7, 11) is 0. The first-order valence-corrected chi connectivity index (χ1v) is 5.73. The molecule has 0 bridgehead atoms. The molecule has 1 aliphatic rings. The van der Waals surface area contributed by atoms with Crippen molar-refractivity contribution in [1.82, 2.24) is 0 Å². The number of hydrogen-bond donors (Lipinski definition) is 1. The molecule has 0 aliphatic carbocycles. The van der Waals surface area contributed by atoms with Crippen molar-refractivity contribution < 1.29 is 24.2 Å². The standard InChI is InChI=1S/C10H7ClO5S/c1-10(6-2-3-7(11)17-6)5(12)4-8(16-10)15-9(13)14/h2-4H,1H3,(H,13,14). The molecule has 5 nitrogen and oxygen atoms in total. The zero-order chi connectivity index (χ0) is 12.6. The number of carbonyl (C=O) groups excluding carboxylic acids is 1. The van der Waals surface area contributed by atoms with E-state index in [9.17, 15) is 9.59 Å². The summed E-state index contributed by atoms with van der Waals surface area (Å²) in [6, 6.07) is 3.29. The lowest BCUT2D eigenvalue weighted by Crippen LogP contribution is -2.28. The summed E-state index contributed by atoms with van der Waals surface area (Å²) in [5, 5.41) is 8.43. The number of rotatable bonds is 2. The number of hydrogen-bond acceptors (Lipinski definition) is 5. The summed E-state index contributed by atoms with van der Waals surface area (Å²) < 4.78 is 10.1. The Morgan fingerprint density at radius 2 is 2.29 bits per heavy atom. The van der Waals surface area contributed by atoms with Crippen LogP contribution in [0.5, 0.6) is 0 Å². The van der Waals surface area contributed by atoms with E-state index in [0.717, 1.165) is 6.08 Å². The SMILES string of the molecule is CC1(c2ccc(Cl)s2)OC(OC(=O)O)=CC1=O. The molecule has 90 valence electrons. The largest absolute Gasteiger partial charge is 0.513 e. The Hall–Kier alpha value is -1.53. The molecule has 0 spiro atoms. The summed E-state index contributed by atoms with van der Waals surface area (Å²) in [6.07, 6.45) is -0.514. The Morgan fingerprint density at radius 1 is 1.59 bits per heavy atom. The molecule has 1 N–H and O–H groups in total. The van der Waals surface area contributed by atoms with Gasteiger partial charge in [0.2, 0.25) is 11.4 Å². The Balaban J connectivity index is 2.25. The lowest BCUT2D eigenvalue weighted by atomic mass is 10.0. The van der Waals surface area contributed by atoms with Gasteiger partial charge in [0.05, 0.1) is 15.3 Å². The third-order valence-corrected chi connectivity index (χ3v) is 3.69. The van der Waals surface area contributed by atoms with Gasteiger partial charge in [-0.15, -0.1) is 11.3 Å². The predicted molar refractivity (Wildman–Crippen MR) is 60.0 cm³/mol. The number of ketones is 1. The van der Waals surface area contributed by atoms with Gasteiger partial charge in [-0.3, -0.25) is 4.79 Å². The maximum atomic E-state index is 11.8. The predicted octanol–water partition coefficient (Wildman–Crippen LogP) is 2.75. The van der Waals surface area contributed by atoms with Crippen molar-refractivity contribution in [3.63, 3.8) is 0 Å². The minimum absolute atomic E-state index is 0.325. The molecule has 7 heteroatoms. The van der Waals surface area contributed by atoms with Gasteiger partial charge >= 0.3 is 6.16 Å². The van der Waals surface area contributed by atoms with Crippen LogP contribution in [0.25, 0.3) is 0 Å². The highest BCUT2D eigenvalue weighted by Crippen LogP contribution is 2.39. The molecule has 1 unspecified atom stereocenters. The van der Waals surface area contributed by atoms with E-state index >= 15 is 0 Å². The van der Waals surface area contributed by atoms with E-state index in [2.05, 4.69) is 4.74 Å². The highest BCUT2D eigenvalue weighted by atomic mass is 35.5. The van der Waals surface area contributed by atoms with Crippen LogP contribution in [0.3, 0.4) is 0 Å². The lowest BCUT2D eigenvalue weighted by molar-refractivity contribution is -0.132. The molecular weight excluding hydrogens is 268 g/mol. The smallest absolute Gasteiger partial charge is 0.449 e. The van der Waals surface area contributed by atoms with Crippen LogP contribution in [0.15, 0.2) is 24.2 Å². The highest BCUT2D eigenvalue weighted by molar-refractivity contribution is 7.16. The average Bonchev–Trinajstić information content (AvgIpc) is 2.73. The molecule has 1 aromatic heterocycles. The van der Waals surface area contributed by atoms with Crippen LogP contribution in [0, 0.1) is 0 Å². The van der Waals surface area contributed by atoms with Gasteiger partial charge in [0.15, 0.2) is 0 Å². The van der Waals surface area contributed by atoms with Gasteiger partial charge < -0.3 is 14.6 Å². The first-order chi connectivity index (χ1) is 7.91. The Kier molecular flexibility index (Phi) is 2.84. The summed E-state index contributed by atoms with van der Waals surface area (Å²) in [6.45, 7) is 1.53. The number of thiophene rings is 1. The molecule has 2 heterocycles. The van der Waals surface area contributed by atoms with Gasteiger partial charge in [-0.25, -0.2) is 4.79 Å². The molecule has 0 aromatic carbocycles. The molecule has 1 aromatic rings. The van der Waals surface area contributed by atoms with Crippen molar-refractivity contribution in [3.05, 3.63) is 33.4 Å². The van der Waals surface area contributed by atoms with Crippen molar-refractivity contribution in [2.45, 2.75) is 12.5 Å². The third-order valence-electron chi connectivity index (χ3n) is 2.26. The molecule has 0 saturated heterocycles. The van der Waals surface area contributed by atoms with Crippen LogP contribution in [0.2, 0.25) is 4.34 Å². The molecule has 2 rings (SSSR count). The second kappa shape index (κ2) is 4.05. The fraction of sp³-hybridized carbons (Fsp3) is 0.200. The third kappa shape index (κ3) is 2.13. The van der Waals surface area contributed by atoms with Crippen LogP contribution >= 0.6 is 22.9 Å². The molecule has 0 saturated carbocycles. The molecule has 17 heavy (non-hydrogen) atoms. The normalized spacial score (nSPS) is 23.2. The number of ether oxygens (including phenoxy) is 2. The van der Waals surface area contributed by atoms with Crippen molar-refractivity contribution >= 4 is 34.9 Å². The van der Waals surface area contributed by atoms with E-state index in [-0.39, 0.29) is 11.7 Å². The molecule has 1 aliphatic heterocycles. The Labute approximate surface area is 105 Å². The summed E-state index contributed by atoms with van der Waals surface area (Å²) in [5.74, 6) is -0.707. The van der Waals surface area contributed by atoms with Crippen LogP contribution in [-0.4, -0.2) is 17.0 Å². The minimum Gasteiger partial charge on any atom is -0.449 e. The number of halogens is 1. The number of carboxylic acid groups (broad SMARTS) is 1. The molecule has 0 amide bonds. The lowest BCUT2D eigenvalue weighted by Gasteiger charge is -2.21. The van der Waals surface area contributed by atoms with Crippen molar-refractivity contribution in [3.8, 4) is 0 Å². The monoisotopic (exact) mass is 274 g/mol. The van der Waals surface area contributed by atoms with Gasteiger partial charge in [0, 0.05) is 0 Å². The van der Waals surface area contributed by atoms with Gasteiger partial charge in [-0.05, 0) is 19.1 Å². The van der Waals surface area contributed by atoms with E-state index in [1.165, 1.54) is 18.3 Å². The van der Waals surface area contributed by atoms with Crippen molar-refractivity contribution in [2.75, 3.05) is 0 Å².